The maximum absolute atomic E-state index is 12.2. The van der Waals surface area contributed by atoms with E-state index in [9.17, 15) is 8.42 Å². The first-order valence-electron chi connectivity index (χ1n) is 5.38. The lowest BCUT2D eigenvalue weighted by molar-refractivity contribution is 0.402. The lowest BCUT2D eigenvalue weighted by Crippen LogP contribution is -2.23. The number of halogens is 1. The molecule has 1 aromatic carbocycles. The number of ether oxygens (including phenoxy) is 1. The molecule has 1 heterocycles. The van der Waals surface area contributed by atoms with Gasteiger partial charge in [0.05, 0.1) is 19.9 Å². The van der Waals surface area contributed by atoms with Gasteiger partial charge in [-0.05, 0) is 30.3 Å². The Bertz CT molecular complexity index is 652. The van der Waals surface area contributed by atoms with Gasteiger partial charge in [-0.2, -0.15) is 0 Å². The second-order valence-electron chi connectivity index (χ2n) is 3.70. The van der Waals surface area contributed by atoms with E-state index in [1.807, 2.05) is 0 Å². The molecule has 19 heavy (non-hydrogen) atoms. The third-order valence-corrected chi connectivity index (χ3v) is 4.09. The number of rotatable bonds is 5. The molecule has 5 nitrogen and oxygen atoms in total. The number of hydrogen-bond donors (Lipinski definition) is 1. The number of furan rings is 1. The molecule has 102 valence electrons. The Morgan fingerprint density at radius 3 is 2.79 bits per heavy atom. The average molecular weight is 302 g/mol. The molecule has 0 aliphatic carbocycles. The van der Waals surface area contributed by atoms with Gasteiger partial charge in [0.2, 0.25) is 10.0 Å². The molecular formula is C12H12ClNO4S. The van der Waals surface area contributed by atoms with Crippen molar-refractivity contribution in [3.05, 3.63) is 47.4 Å². The summed E-state index contributed by atoms with van der Waals surface area (Å²) < 4.78 is 36.8. The first-order valence-corrected chi connectivity index (χ1v) is 7.24. The number of hydrogen-bond acceptors (Lipinski definition) is 4. The Kier molecular flexibility index (Phi) is 4.14. The molecule has 1 aromatic heterocycles. The van der Waals surface area contributed by atoms with Crippen molar-refractivity contribution < 1.29 is 17.6 Å². The highest BCUT2D eigenvalue weighted by atomic mass is 35.5. The number of methoxy groups -OCH3 is 1. The van der Waals surface area contributed by atoms with Crippen LogP contribution in [0, 0.1) is 0 Å². The van der Waals surface area contributed by atoms with Gasteiger partial charge >= 0.3 is 0 Å². The summed E-state index contributed by atoms with van der Waals surface area (Å²) in [6.45, 7) is 0.0605. The Morgan fingerprint density at radius 1 is 1.37 bits per heavy atom. The van der Waals surface area contributed by atoms with E-state index in [4.69, 9.17) is 20.8 Å². The molecule has 0 saturated carbocycles. The summed E-state index contributed by atoms with van der Waals surface area (Å²) in [6, 6.07) is 7.77. The fourth-order valence-electron chi connectivity index (χ4n) is 1.52. The van der Waals surface area contributed by atoms with Crippen molar-refractivity contribution in [1.82, 2.24) is 4.72 Å². The van der Waals surface area contributed by atoms with Crippen LogP contribution in [0.15, 0.2) is 45.9 Å². The maximum atomic E-state index is 12.2. The third-order valence-electron chi connectivity index (χ3n) is 2.43. The first kappa shape index (κ1) is 13.9. The molecule has 0 aliphatic rings. The van der Waals surface area contributed by atoms with Gasteiger partial charge in [0.1, 0.15) is 16.4 Å². The summed E-state index contributed by atoms with van der Waals surface area (Å²) in [5.74, 6) is 0.751. The largest absolute Gasteiger partial charge is 0.495 e. The fraction of sp³-hybridized carbons (Fsp3) is 0.167. The first-order chi connectivity index (χ1) is 9.03. The molecule has 0 bridgehead atoms. The SMILES string of the molecule is COc1ccc(Cl)cc1S(=O)(=O)NCc1ccco1. The van der Waals surface area contributed by atoms with Gasteiger partial charge in [-0.15, -0.1) is 0 Å². The van der Waals surface area contributed by atoms with Gasteiger partial charge < -0.3 is 9.15 Å². The third kappa shape index (κ3) is 3.28. The van der Waals surface area contributed by atoms with Gasteiger partial charge in [0, 0.05) is 5.02 Å². The molecule has 0 amide bonds. The standard InChI is InChI=1S/C12H12ClNO4S/c1-17-11-5-4-9(13)7-12(11)19(15,16)14-8-10-3-2-6-18-10/h2-7,14H,8H2,1H3. The average Bonchev–Trinajstić information content (AvgIpc) is 2.89. The van der Waals surface area contributed by atoms with Gasteiger partial charge in [0.15, 0.2) is 0 Å². The summed E-state index contributed by atoms with van der Waals surface area (Å²) >= 11 is 5.81. The Morgan fingerprint density at radius 2 is 2.16 bits per heavy atom. The van der Waals surface area contributed by atoms with Crippen molar-refractivity contribution in [2.45, 2.75) is 11.4 Å². The molecule has 0 atom stereocenters. The molecule has 2 rings (SSSR count). The van der Waals surface area contributed by atoms with E-state index < -0.39 is 10.0 Å². The van der Waals surface area contributed by atoms with Crippen molar-refractivity contribution in [3.8, 4) is 5.75 Å². The van der Waals surface area contributed by atoms with Crippen LogP contribution in [-0.4, -0.2) is 15.5 Å². The smallest absolute Gasteiger partial charge is 0.244 e. The highest BCUT2D eigenvalue weighted by Gasteiger charge is 2.20. The van der Waals surface area contributed by atoms with Crippen molar-refractivity contribution in [3.63, 3.8) is 0 Å². The van der Waals surface area contributed by atoms with E-state index in [1.165, 1.54) is 25.5 Å². The van der Waals surface area contributed by atoms with Crippen molar-refractivity contribution in [1.29, 1.82) is 0 Å². The molecular weight excluding hydrogens is 290 g/mol. The van der Waals surface area contributed by atoms with Crippen LogP contribution in [0.3, 0.4) is 0 Å². The molecule has 1 N–H and O–H groups in total. The van der Waals surface area contributed by atoms with Crippen LogP contribution >= 0.6 is 11.6 Å². The highest BCUT2D eigenvalue weighted by molar-refractivity contribution is 7.89. The number of nitrogens with one attached hydrogen (secondary N) is 1. The highest BCUT2D eigenvalue weighted by Crippen LogP contribution is 2.26. The predicted octanol–water partition coefficient (Wildman–Crippen LogP) is 2.42. The van der Waals surface area contributed by atoms with E-state index in [2.05, 4.69) is 4.72 Å². The molecule has 0 aliphatic heterocycles. The molecule has 0 fully saturated rings. The molecule has 0 spiro atoms. The second kappa shape index (κ2) is 5.64. The van der Waals surface area contributed by atoms with E-state index >= 15 is 0 Å². The maximum Gasteiger partial charge on any atom is 0.244 e. The Balaban J connectivity index is 2.26. The molecule has 7 heteroatoms. The monoisotopic (exact) mass is 301 g/mol. The zero-order chi connectivity index (χ0) is 13.9. The van der Waals surface area contributed by atoms with Crippen LogP contribution in [0.4, 0.5) is 0 Å². The van der Waals surface area contributed by atoms with Gasteiger partial charge in [-0.25, -0.2) is 13.1 Å². The quantitative estimate of drug-likeness (QED) is 0.921. The van der Waals surface area contributed by atoms with E-state index in [-0.39, 0.29) is 17.2 Å². The molecule has 0 radical (unpaired) electrons. The Hall–Kier alpha value is -1.50. The zero-order valence-electron chi connectivity index (χ0n) is 10.1. The number of benzene rings is 1. The number of sulfonamides is 1. The summed E-state index contributed by atoms with van der Waals surface area (Å²) in [5, 5.41) is 0.319. The van der Waals surface area contributed by atoms with Crippen LogP contribution in [0.5, 0.6) is 5.75 Å². The van der Waals surface area contributed by atoms with Crippen LogP contribution in [0.1, 0.15) is 5.76 Å². The van der Waals surface area contributed by atoms with Gasteiger partial charge in [0.25, 0.3) is 0 Å². The predicted molar refractivity (Wildman–Crippen MR) is 70.7 cm³/mol. The fourth-order valence-corrected chi connectivity index (χ4v) is 2.94. The summed E-state index contributed by atoms with van der Waals surface area (Å²) in [4.78, 5) is -0.00550. The van der Waals surface area contributed by atoms with Crippen molar-refractivity contribution in [2.24, 2.45) is 0 Å². The molecule has 0 unspecified atom stereocenters. The molecule has 2 aromatic rings. The van der Waals surface area contributed by atoms with Crippen molar-refractivity contribution >= 4 is 21.6 Å². The van der Waals surface area contributed by atoms with Gasteiger partial charge in [-0.1, -0.05) is 11.6 Å². The summed E-state index contributed by atoms with van der Waals surface area (Å²) in [6.07, 6.45) is 1.48. The topological polar surface area (TPSA) is 68.5 Å². The lowest BCUT2D eigenvalue weighted by atomic mass is 10.3. The summed E-state index contributed by atoms with van der Waals surface area (Å²) in [5.41, 5.74) is 0. The minimum absolute atomic E-state index is 0.00550. The van der Waals surface area contributed by atoms with E-state index in [0.29, 0.717) is 10.8 Å². The van der Waals surface area contributed by atoms with Crippen LogP contribution in [0.25, 0.3) is 0 Å². The Labute approximate surface area is 116 Å². The van der Waals surface area contributed by atoms with Crippen LogP contribution in [0.2, 0.25) is 5.02 Å². The minimum atomic E-state index is -3.72. The second-order valence-corrected chi connectivity index (χ2v) is 5.87. The van der Waals surface area contributed by atoms with Gasteiger partial charge in [-0.3, -0.25) is 0 Å². The van der Waals surface area contributed by atoms with Crippen LogP contribution in [-0.2, 0) is 16.6 Å². The van der Waals surface area contributed by atoms with E-state index in [1.54, 1.807) is 18.2 Å². The van der Waals surface area contributed by atoms with Crippen molar-refractivity contribution in [2.75, 3.05) is 7.11 Å². The van der Waals surface area contributed by atoms with Crippen LogP contribution < -0.4 is 9.46 Å². The molecule has 0 saturated heterocycles. The zero-order valence-corrected chi connectivity index (χ0v) is 11.7. The summed E-state index contributed by atoms with van der Waals surface area (Å²) in [7, 11) is -2.32. The normalized spacial score (nSPS) is 11.5. The van der Waals surface area contributed by atoms with E-state index in [0.717, 1.165) is 0 Å². The minimum Gasteiger partial charge on any atom is -0.495 e. The lowest BCUT2D eigenvalue weighted by Gasteiger charge is -2.10.